The van der Waals surface area contributed by atoms with Crippen molar-refractivity contribution >= 4 is 28.4 Å². The number of H-pyrrole nitrogens is 1. The number of alkyl halides is 3. The highest BCUT2D eigenvalue weighted by Crippen LogP contribution is 2.32. The molecule has 34 heavy (non-hydrogen) atoms. The maximum Gasteiger partial charge on any atom is 0.434 e. The SMILES string of the molecule is Cc1cc2[nH]cnc2cc1C(=O)N[C@H]1CC[C@@H](N(C)c2cccc3nc(C(F)(F)F)cn23)CC1. The average molecular weight is 470 g/mol. The summed E-state index contributed by atoms with van der Waals surface area (Å²) in [4.78, 5) is 25.9. The number of hydrogen-bond acceptors (Lipinski definition) is 4. The molecule has 2 N–H and O–H groups in total. The number of aromatic amines is 1. The summed E-state index contributed by atoms with van der Waals surface area (Å²) in [5.74, 6) is 0.554. The maximum atomic E-state index is 13.1. The van der Waals surface area contributed by atoms with Gasteiger partial charge >= 0.3 is 6.18 Å². The Labute approximate surface area is 194 Å². The molecule has 0 radical (unpaired) electrons. The van der Waals surface area contributed by atoms with Crippen LogP contribution in [-0.4, -0.2) is 44.4 Å². The number of benzene rings is 1. The van der Waals surface area contributed by atoms with Crippen molar-refractivity contribution in [1.29, 1.82) is 0 Å². The third-order valence-corrected chi connectivity index (χ3v) is 6.71. The molecule has 178 valence electrons. The molecule has 0 aliphatic heterocycles. The Morgan fingerprint density at radius 3 is 2.71 bits per heavy atom. The van der Waals surface area contributed by atoms with Gasteiger partial charge in [0.2, 0.25) is 0 Å². The second kappa shape index (κ2) is 8.34. The monoisotopic (exact) mass is 470 g/mol. The van der Waals surface area contributed by atoms with Crippen LogP contribution in [0.2, 0.25) is 0 Å². The lowest BCUT2D eigenvalue weighted by Gasteiger charge is -2.36. The van der Waals surface area contributed by atoms with E-state index in [0.29, 0.717) is 11.4 Å². The van der Waals surface area contributed by atoms with Crippen LogP contribution in [-0.2, 0) is 6.18 Å². The quantitative estimate of drug-likeness (QED) is 0.453. The molecule has 1 fully saturated rings. The van der Waals surface area contributed by atoms with Gasteiger partial charge in [-0.05, 0) is 62.4 Å². The van der Waals surface area contributed by atoms with E-state index >= 15 is 0 Å². The number of carbonyl (C=O) groups is 1. The predicted molar refractivity (Wildman–Crippen MR) is 123 cm³/mol. The van der Waals surface area contributed by atoms with Crippen LogP contribution in [0.5, 0.6) is 0 Å². The first-order valence-corrected chi connectivity index (χ1v) is 11.2. The lowest BCUT2D eigenvalue weighted by Crippen LogP contribution is -2.43. The molecule has 3 heterocycles. The minimum atomic E-state index is -4.49. The van der Waals surface area contributed by atoms with Gasteiger partial charge in [0.25, 0.3) is 5.91 Å². The van der Waals surface area contributed by atoms with Crippen LogP contribution in [0.15, 0.2) is 42.9 Å². The standard InChI is InChI=1S/C24H25F3N6O/c1-14-10-18-19(29-13-28-18)11-17(14)23(34)30-15-6-8-16(9-7-15)32(2)22-5-3-4-21-31-20(12-33(21)22)24(25,26)27/h3-5,10-13,15-16H,6-9H2,1-2H3,(H,28,29)(H,30,34)/t15-,16+. The third-order valence-electron chi connectivity index (χ3n) is 6.71. The Kier molecular flexibility index (Phi) is 5.45. The first-order chi connectivity index (χ1) is 16.2. The number of anilines is 1. The van der Waals surface area contributed by atoms with Gasteiger partial charge in [0.05, 0.1) is 17.4 Å². The Morgan fingerprint density at radius 2 is 1.97 bits per heavy atom. The van der Waals surface area contributed by atoms with E-state index in [4.69, 9.17) is 0 Å². The van der Waals surface area contributed by atoms with Crippen molar-refractivity contribution in [3.8, 4) is 0 Å². The highest BCUT2D eigenvalue weighted by atomic mass is 19.4. The molecular weight excluding hydrogens is 445 g/mol. The van der Waals surface area contributed by atoms with Crippen molar-refractivity contribution in [2.75, 3.05) is 11.9 Å². The molecule has 0 unspecified atom stereocenters. The summed E-state index contributed by atoms with van der Waals surface area (Å²) in [5, 5.41) is 3.15. The van der Waals surface area contributed by atoms with Gasteiger partial charge in [0, 0.05) is 30.9 Å². The largest absolute Gasteiger partial charge is 0.434 e. The van der Waals surface area contributed by atoms with E-state index < -0.39 is 11.9 Å². The molecule has 10 heteroatoms. The molecule has 0 spiro atoms. The van der Waals surface area contributed by atoms with E-state index in [2.05, 4.69) is 20.3 Å². The number of carbonyl (C=O) groups excluding carboxylic acids is 1. The fourth-order valence-electron chi connectivity index (χ4n) is 4.81. The lowest BCUT2D eigenvalue weighted by atomic mass is 9.90. The van der Waals surface area contributed by atoms with Gasteiger partial charge in [0.1, 0.15) is 11.5 Å². The Morgan fingerprint density at radius 1 is 1.21 bits per heavy atom. The molecule has 0 atom stereocenters. The number of halogens is 3. The summed E-state index contributed by atoms with van der Waals surface area (Å²) in [6.45, 7) is 1.90. The number of nitrogens with one attached hydrogen (secondary N) is 2. The fourth-order valence-corrected chi connectivity index (χ4v) is 4.81. The second-order valence-corrected chi connectivity index (χ2v) is 8.91. The first kappa shape index (κ1) is 22.2. The minimum Gasteiger partial charge on any atom is -0.358 e. The number of aryl methyl sites for hydroxylation is 1. The van der Waals surface area contributed by atoms with Gasteiger partial charge in [-0.3, -0.25) is 9.20 Å². The summed E-state index contributed by atoms with van der Waals surface area (Å²) in [6.07, 6.45) is 1.38. The van der Waals surface area contributed by atoms with Gasteiger partial charge in [-0.1, -0.05) is 6.07 Å². The van der Waals surface area contributed by atoms with E-state index in [1.165, 1.54) is 4.40 Å². The molecule has 0 bridgehead atoms. The third kappa shape index (κ3) is 4.08. The number of fused-ring (bicyclic) bond motifs is 2. The van der Waals surface area contributed by atoms with E-state index in [-0.39, 0.29) is 23.6 Å². The molecule has 1 aliphatic carbocycles. The van der Waals surface area contributed by atoms with Gasteiger partial charge in [-0.25, -0.2) is 9.97 Å². The molecule has 1 aromatic carbocycles. The molecule has 7 nitrogen and oxygen atoms in total. The van der Waals surface area contributed by atoms with Gasteiger partial charge in [-0.2, -0.15) is 13.2 Å². The van der Waals surface area contributed by atoms with Crippen LogP contribution in [0, 0.1) is 6.92 Å². The van der Waals surface area contributed by atoms with Crippen molar-refractivity contribution in [3.63, 3.8) is 0 Å². The van der Waals surface area contributed by atoms with Crippen LogP contribution in [0.1, 0.15) is 47.3 Å². The second-order valence-electron chi connectivity index (χ2n) is 8.91. The molecule has 1 amide bonds. The highest BCUT2D eigenvalue weighted by molar-refractivity contribution is 5.99. The topological polar surface area (TPSA) is 78.3 Å². The number of imidazole rings is 2. The first-order valence-electron chi connectivity index (χ1n) is 11.2. The van der Waals surface area contributed by atoms with Crippen LogP contribution in [0.4, 0.5) is 19.0 Å². The number of nitrogens with zero attached hydrogens (tertiary/aromatic N) is 4. The minimum absolute atomic E-state index is 0.0484. The highest BCUT2D eigenvalue weighted by Gasteiger charge is 2.34. The summed E-state index contributed by atoms with van der Waals surface area (Å²) in [6, 6.07) is 9.02. The van der Waals surface area contributed by atoms with Crippen molar-refractivity contribution in [3.05, 3.63) is 59.7 Å². The van der Waals surface area contributed by atoms with Crippen molar-refractivity contribution < 1.29 is 18.0 Å². The summed E-state index contributed by atoms with van der Waals surface area (Å²) >= 11 is 0. The van der Waals surface area contributed by atoms with Crippen molar-refractivity contribution in [2.24, 2.45) is 0 Å². The number of amides is 1. The van der Waals surface area contributed by atoms with Crippen molar-refractivity contribution in [1.82, 2.24) is 24.7 Å². The van der Waals surface area contributed by atoms with Crippen molar-refractivity contribution in [2.45, 2.75) is 50.9 Å². The smallest absolute Gasteiger partial charge is 0.358 e. The van der Waals surface area contributed by atoms with E-state index in [1.54, 1.807) is 30.6 Å². The number of rotatable bonds is 4. The van der Waals surface area contributed by atoms with Crippen LogP contribution >= 0.6 is 0 Å². The number of pyridine rings is 1. The summed E-state index contributed by atoms with van der Waals surface area (Å²) in [7, 11) is 1.90. The zero-order valence-corrected chi connectivity index (χ0v) is 18.9. The molecule has 5 rings (SSSR count). The van der Waals surface area contributed by atoms with Crippen LogP contribution in [0.3, 0.4) is 0 Å². The molecule has 4 aromatic rings. The number of hydrogen-bond donors (Lipinski definition) is 2. The Hall–Kier alpha value is -3.56. The summed E-state index contributed by atoms with van der Waals surface area (Å²) < 4.78 is 40.9. The van der Waals surface area contributed by atoms with E-state index in [0.717, 1.165) is 48.5 Å². The van der Waals surface area contributed by atoms with Crippen LogP contribution in [0.25, 0.3) is 16.7 Å². The normalized spacial score (nSPS) is 19.0. The molecular formula is C24H25F3N6O. The zero-order valence-electron chi connectivity index (χ0n) is 18.9. The van der Waals surface area contributed by atoms with E-state index in [1.807, 2.05) is 24.9 Å². The molecule has 3 aromatic heterocycles. The van der Waals surface area contributed by atoms with Gasteiger partial charge < -0.3 is 15.2 Å². The van der Waals surface area contributed by atoms with Gasteiger partial charge in [-0.15, -0.1) is 0 Å². The summed E-state index contributed by atoms with van der Waals surface area (Å²) in [5.41, 5.74) is 2.52. The van der Waals surface area contributed by atoms with E-state index in [9.17, 15) is 18.0 Å². The fraction of sp³-hybridized carbons (Fsp3) is 0.375. The lowest BCUT2D eigenvalue weighted by molar-refractivity contribution is -0.140. The predicted octanol–water partition coefficient (Wildman–Crippen LogP) is 4.72. The molecule has 1 aliphatic rings. The Balaban J connectivity index is 1.26. The molecule has 0 saturated heterocycles. The van der Waals surface area contributed by atoms with Gasteiger partial charge in [0.15, 0.2) is 5.69 Å². The Bertz CT molecular complexity index is 1350. The van der Waals surface area contributed by atoms with Crippen LogP contribution < -0.4 is 10.2 Å². The molecule has 1 saturated carbocycles. The number of aromatic nitrogens is 4. The average Bonchev–Trinajstić information content (AvgIpc) is 3.44. The maximum absolute atomic E-state index is 13.1. The zero-order chi connectivity index (χ0) is 24.0.